The van der Waals surface area contributed by atoms with Crippen molar-refractivity contribution in [2.24, 2.45) is 5.41 Å². The van der Waals surface area contributed by atoms with E-state index in [1.54, 1.807) is 6.92 Å². The normalized spacial score (nSPS) is 27.9. The first-order valence-electron chi connectivity index (χ1n) is 8.83. The molecule has 1 amide bonds. The number of hydrogen-bond donors (Lipinski definition) is 1. The minimum Gasteiger partial charge on any atom is -0.349 e. The minimum absolute atomic E-state index is 0.0593. The zero-order chi connectivity index (χ0) is 17.3. The number of nitrogens with zero attached hydrogens (tertiary/aromatic N) is 1. The molecule has 2 bridgehead atoms. The number of rotatable bonds is 5. The maximum Gasteiger partial charge on any atom is 0.220 e. The van der Waals surface area contributed by atoms with Gasteiger partial charge in [0.1, 0.15) is 11.6 Å². The van der Waals surface area contributed by atoms with E-state index >= 15 is 0 Å². The molecule has 1 aliphatic carbocycles. The topological polar surface area (TPSA) is 32.3 Å². The van der Waals surface area contributed by atoms with E-state index in [1.165, 1.54) is 37.8 Å². The molecule has 5 heteroatoms. The Labute approximate surface area is 142 Å². The largest absolute Gasteiger partial charge is 0.349 e. The van der Waals surface area contributed by atoms with Crippen molar-refractivity contribution in [3.05, 3.63) is 35.4 Å². The summed E-state index contributed by atoms with van der Waals surface area (Å²) in [6.07, 6.45) is 6.22. The summed E-state index contributed by atoms with van der Waals surface area (Å²) in [6, 6.07) is 3.73. The van der Waals surface area contributed by atoms with E-state index in [0.29, 0.717) is 12.0 Å². The van der Waals surface area contributed by atoms with Crippen LogP contribution in [0.1, 0.15) is 57.1 Å². The highest BCUT2D eigenvalue weighted by molar-refractivity contribution is 5.76. The van der Waals surface area contributed by atoms with Crippen LogP contribution in [-0.2, 0) is 4.79 Å². The van der Waals surface area contributed by atoms with Crippen LogP contribution >= 0.6 is 0 Å². The minimum atomic E-state index is -0.617. The number of piperidine rings is 2. The van der Waals surface area contributed by atoms with Crippen LogP contribution in [0.3, 0.4) is 0 Å². The van der Waals surface area contributed by atoms with Gasteiger partial charge >= 0.3 is 0 Å². The van der Waals surface area contributed by atoms with Gasteiger partial charge in [0.2, 0.25) is 5.91 Å². The standard InChI is InChI=1S/C19H26F2N2O/c1-13(16-4-3-14(20)11-17(16)21)22-18(24)7-10-19-8-5-15(6-9-19)23(2)12-19/h3-4,11,13,15H,5-10,12H2,1-2H3,(H,22,24)/t13-,15?,19?/m1/s1. The Balaban J connectivity index is 1.54. The van der Waals surface area contributed by atoms with Crippen molar-refractivity contribution in [3.8, 4) is 0 Å². The second-order valence-electron chi connectivity index (χ2n) is 7.60. The van der Waals surface area contributed by atoms with Gasteiger partial charge in [-0.15, -0.1) is 0 Å². The van der Waals surface area contributed by atoms with Gasteiger partial charge in [-0.3, -0.25) is 4.79 Å². The molecule has 3 aliphatic rings. The molecule has 0 radical (unpaired) electrons. The Bertz CT molecular complexity index is 611. The summed E-state index contributed by atoms with van der Waals surface area (Å²) in [5.41, 5.74) is 0.589. The highest BCUT2D eigenvalue weighted by Gasteiger charge is 2.42. The van der Waals surface area contributed by atoms with Crippen LogP contribution in [0.4, 0.5) is 8.78 Å². The van der Waals surface area contributed by atoms with Gasteiger partial charge in [-0.05, 0) is 57.6 Å². The number of carbonyl (C=O) groups is 1. The fourth-order valence-electron chi connectivity index (χ4n) is 4.42. The first kappa shape index (κ1) is 17.3. The second kappa shape index (κ2) is 6.79. The Morgan fingerprint density at radius 1 is 1.38 bits per heavy atom. The molecule has 2 saturated heterocycles. The Kier molecular flexibility index (Phi) is 4.90. The van der Waals surface area contributed by atoms with E-state index in [-0.39, 0.29) is 11.3 Å². The molecule has 1 aromatic rings. The molecule has 1 saturated carbocycles. The molecule has 1 N–H and O–H groups in total. The number of carbonyl (C=O) groups excluding carboxylic acids is 1. The molecule has 0 unspecified atom stereocenters. The van der Waals surface area contributed by atoms with Gasteiger partial charge in [0.25, 0.3) is 0 Å². The summed E-state index contributed by atoms with van der Waals surface area (Å²) in [5, 5.41) is 2.85. The van der Waals surface area contributed by atoms with E-state index in [0.717, 1.165) is 25.1 Å². The van der Waals surface area contributed by atoms with Crippen LogP contribution in [-0.4, -0.2) is 30.4 Å². The summed E-state index contributed by atoms with van der Waals surface area (Å²) in [4.78, 5) is 14.7. The van der Waals surface area contributed by atoms with Gasteiger partial charge in [-0.25, -0.2) is 8.78 Å². The molecule has 1 atom stereocenters. The lowest BCUT2D eigenvalue weighted by Crippen LogP contribution is -2.52. The van der Waals surface area contributed by atoms with Crippen LogP contribution in [0, 0.1) is 17.0 Å². The summed E-state index contributed by atoms with van der Waals surface area (Å²) < 4.78 is 26.8. The maximum absolute atomic E-state index is 13.8. The fraction of sp³-hybridized carbons (Fsp3) is 0.632. The van der Waals surface area contributed by atoms with Crippen molar-refractivity contribution in [2.45, 2.75) is 57.5 Å². The lowest BCUT2D eigenvalue weighted by Gasteiger charge is -2.52. The molecule has 24 heavy (non-hydrogen) atoms. The lowest BCUT2D eigenvalue weighted by atomic mass is 9.65. The number of hydrogen-bond acceptors (Lipinski definition) is 2. The third-order valence-electron chi connectivity index (χ3n) is 5.91. The Morgan fingerprint density at radius 2 is 2.08 bits per heavy atom. The van der Waals surface area contributed by atoms with Crippen molar-refractivity contribution < 1.29 is 13.6 Å². The monoisotopic (exact) mass is 336 g/mol. The quantitative estimate of drug-likeness (QED) is 0.887. The summed E-state index contributed by atoms with van der Waals surface area (Å²) >= 11 is 0. The molecule has 3 nitrogen and oxygen atoms in total. The summed E-state index contributed by atoms with van der Waals surface area (Å²) in [5.74, 6) is -1.28. The Hall–Kier alpha value is -1.49. The second-order valence-corrected chi connectivity index (χ2v) is 7.60. The highest BCUT2D eigenvalue weighted by Crippen LogP contribution is 2.46. The number of benzene rings is 1. The SMILES string of the molecule is C[C@@H](NC(=O)CCC12CCC(CC1)N(C)C2)c1ccc(F)cc1F. The third kappa shape index (κ3) is 3.61. The maximum atomic E-state index is 13.8. The molecule has 3 fully saturated rings. The number of amides is 1. The van der Waals surface area contributed by atoms with Crippen molar-refractivity contribution in [1.82, 2.24) is 10.2 Å². The lowest BCUT2D eigenvalue weighted by molar-refractivity contribution is -0.123. The van der Waals surface area contributed by atoms with Crippen LogP contribution in [0.5, 0.6) is 0 Å². The number of nitrogens with one attached hydrogen (secondary N) is 1. The van der Waals surface area contributed by atoms with Crippen LogP contribution in [0.25, 0.3) is 0 Å². The van der Waals surface area contributed by atoms with Gasteiger partial charge in [0.05, 0.1) is 6.04 Å². The van der Waals surface area contributed by atoms with Crippen LogP contribution < -0.4 is 5.32 Å². The average molecular weight is 336 g/mol. The predicted octanol–water partition coefficient (Wildman–Crippen LogP) is 3.80. The van der Waals surface area contributed by atoms with Gasteiger partial charge in [0.15, 0.2) is 0 Å². The number of fused-ring (bicyclic) bond motifs is 3. The van der Waals surface area contributed by atoms with E-state index in [2.05, 4.69) is 17.3 Å². The molecule has 2 aliphatic heterocycles. The number of halogens is 2. The van der Waals surface area contributed by atoms with E-state index in [1.807, 2.05) is 0 Å². The first-order valence-corrected chi connectivity index (χ1v) is 8.83. The first-order chi connectivity index (χ1) is 11.4. The predicted molar refractivity (Wildman–Crippen MR) is 89.5 cm³/mol. The van der Waals surface area contributed by atoms with Crippen molar-refractivity contribution in [3.63, 3.8) is 0 Å². The van der Waals surface area contributed by atoms with Gasteiger partial charge in [0, 0.05) is 30.6 Å². The molecular weight excluding hydrogens is 310 g/mol. The van der Waals surface area contributed by atoms with Gasteiger partial charge in [-0.1, -0.05) is 6.07 Å². The van der Waals surface area contributed by atoms with E-state index in [9.17, 15) is 13.6 Å². The highest BCUT2D eigenvalue weighted by atomic mass is 19.1. The molecule has 4 rings (SSSR count). The summed E-state index contributed by atoms with van der Waals surface area (Å²) in [7, 11) is 2.18. The van der Waals surface area contributed by atoms with Gasteiger partial charge in [-0.2, -0.15) is 0 Å². The molecule has 2 heterocycles. The van der Waals surface area contributed by atoms with Crippen molar-refractivity contribution in [1.29, 1.82) is 0 Å². The van der Waals surface area contributed by atoms with Gasteiger partial charge < -0.3 is 10.2 Å². The Morgan fingerprint density at radius 3 is 2.71 bits per heavy atom. The molecule has 0 spiro atoms. The van der Waals surface area contributed by atoms with Crippen LogP contribution in [0.15, 0.2) is 18.2 Å². The molecule has 1 aromatic carbocycles. The van der Waals surface area contributed by atoms with E-state index in [4.69, 9.17) is 0 Å². The van der Waals surface area contributed by atoms with Crippen molar-refractivity contribution in [2.75, 3.05) is 13.6 Å². The molecule has 132 valence electrons. The molecular formula is C19H26F2N2O. The van der Waals surface area contributed by atoms with Crippen molar-refractivity contribution >= 4 is 5.91 Å². The fourth-order valence-corrected chi connectivity index (χ4v) is 4.42. The summed E-state index contributed by atoms with van der Waals surface area (Å²) in [6.45, 7) is 2.80. The van der Waals surface area contributed by atoms with E-state index < -0.39 is 17.7 Å². The zero-order valence-electron chi connectivity index (χ0n) is 14.4. The zero-order valence-corrected chi connectivity index (χ0v) is 14.4. The van der Waals surface area contributed by atoms with Crippen LogP contribution in [0.2, 0.25) is 0 Å². The smallest absolute Gasteiger partial charge is 0.220 e. The third-order valence-corrected chi connectivity index (χ3v) is 5.91. The molecule has 0 aromatic heterocycles. The average Bonchev–Trinajstić information content (AvgIpc) is 2.54.